The van der Waals surface area contributed by atoms with Crippen LogP contribution in [0.5, 0.6) is 5.75 Å². The number of esters is 1. The fourth-order valence-electron chi connectivity index (χ4n) is 3.04. The summed E-state index contributed by atoms with van der Waals surface area (Å²) in [6.07, 6.45) is 0.896. The molecule has 150 valence electrons. The van der Waals surface area contributed by atoms with E-state index >= 15 is 0 Å². The molecule has 0 aliphatic heterocycles. The molecule has 28 heavy (non-hydrogen) atoms. The van der Waals surface area contributed by atoms with Crippen LogP contribution in [-0.2, 0) is 4.74 Å². The van der Waals surface area contributed by atoms with Crippen molar-refractivity contribution in [1.29, 1.82) is 0 Å². The molecule has 0 aliphatic rings. The summed E-state index contributed by atoms with van der Waals surface area (Å²) in [5.74, 6) is -1.08. The lowest BCUT2D eigenvalue weighted by molar-refractivity contribution is 0.0600. The van der Waals surface area contributed by atoms with E-state index in [4.69, 9.17) is 9.47 Å². The molecule has 0 unspecified atom stereocenters. The van der Waals surface area contributed by atoms with Crippen LogP contribution in [0.25, 0.3) is 11.1 Å². The van der Waals surface area contributed by atoms with Crippen LogP contribution in [0.4, 0.5) is 0 Å². The molecule has 0 spiro atoms. The van der Waals surface area contributed by atoms with E-state index in [0.717, 1.165) is 13.0 Å². The van der Waals surface area contributed by atoms with Crippen LogP contribution in [0.15, 0.2) is 24.3 Å². The molecule has 0 aliphatic carbocycles. The van der Waals surface area contributed by atoms with Crippen LogP contribution in [0.2, 0.25) is 0 Å². The van der Waals surface area contributed by atoms with Crippen molar-refractivity contribution in [2.24, 2.45) is 0 Å². The molecule has 0 saturated carbocycles. The zero-order valence-electron chi connectivity index (χ0n) is 16.9. The topological polar surface area (TPSA) is 89.0 Å². The molecule has 0 amide bonds. The van der Waals surface area contributed by atoms with Crippen molar-refractivity contribution in [3.05, 3.63) is 46.8 Å². The average Bonchev–Trinajstić information content (AvgIpc) is 2.64. The molecule has 2 rings (SSSR count). The summed E-state index contributed by atoms with van der Waals surface area (Å²) in [6.45, 7) is 4.79. The lowest BCUT2D eigenvalue weighted by Gasteiger charge is -2.16. The summed E-state index contributed by atoms with van der Waals surface area (Å²) < 4.78 is 10.6. The number of carbonyl (C=O) groups excluding carboxylic acids is 1. The number of carboxylic acid groups (broad SMARTS) is 1. The Balaban J connectivity index is 2.43. The normalized spacial score (nSPS) is 10.8. The number of rotatable bonds is 8. The Morgan fingerprint density at radius 2 is 1.68 bits per heavy atom. The van der Waals surface area contributed by atoms with Gasteiger partial charge in [-0.25, -0.2) is 9.59 Å². The lowest BCUT2D eigenvalue weighted by Crippen LogP contribution is -2.15. The van der Waals surface area contributed by atoms with Crippen molar-refractivity contribution >= 4 is 11.9 Å². The third kappa shape index (κ3) is 4.86. The molecule has 2 aromatic rings. The standard InChI is InChI=1S/C21H26N2O5/c1-13-17(20(24)25)19(18(14(2)22-13)21(26)27-5)15-7-9-16(10-8-15)28-12-6-11-23(3)4/h7-10H,6,11-12H2,1-5H3,(H,24,25). The molecule has 1 aromatic heterocycles. The number of carbonyl (C=O) groups is 2. The molecule has 1 heterocycles. The van der Waals surface area contributed by atoms with Gasteiger partial charge in [0.2, 0.25) is 0 Å². The van der Waals surface area contributed by atoms with Gasteiger partial charge in [-0.3, -0.25) is 4.98 Å². The highest BCUT2D eigenvalue weighted by Gasteiger charge is 2.26. The summed E-state index contributed by atoms with van der Waals surface area (Å²) in [7, 11) is 5.27. The number of nitrogens with zero attached hydrogens (tertiary/aromatic N) is 2. The van der Waals surface area contributed by atoms with Gasteiger partial charge in [-0.1, -0.05) is 12.1 Å². The van der Waals surface area contributed by atoms with Crippen LogP contribution >= 0.6 is 0 Å². The number of aromatic carboxylic acids is 1. The van der Waals surface area contributed by atoms with E-state index in [2.05, 4.69) is 9.88 Å². The minimum atomic E-state index is -1.14. The average molecular weight is 386 g/mol. The van der Waals surface area contributed by atoms with Crippen molar-refractivity contribution in [2.75, 3.05) is 34.4 Å². The smallest absolute Gasteiger partial charge is 0.340 e. The van der Waals surface area contributed by atoms with Crippen LogP contribution in [-0.4, -0.2) is 61.3 Å². The zero-order valence-corrected chi connectivity index (χ0v) is 16.9. The predicted octanol–water partition coefficient (Wildman–Crippen LogP) is 3.18. The first-order chi connectivity index (χ1) is 13.3. The number of pyridine rings is 1. The molecule has 0 radical (unpaired) electrons. The fourth-order valence-corrected chi connectivity index (χ4v) is 3.04. The first-order valence-corrected chi connectivity index (χ1v) is 8.97. The summed E-state index contributed by atoms with van der Waals surface area (Å²) >= 11 is 0. The molecular formula is C21H26N2O5. The van der Waals surface area contributed by atoms with Crippen molar-refractivity contribution in [3.8, 4) is 16.9 Å². The largest absolute Gasteiger partial charge is 0.494 e. The molecular weight excluding hydrogens is 360 g/mol. The summed E-state index contributed by atoms with van der Waals surface area (Å²) in [5.41, 5.74) is 1.82. The predicted molar refractivity (Wildman–Crippen MR) is 106 cm³/mol. The number of hydrogen-bond acceptors (Lipinski definition) is 6. The Morgan fingerprint density at radius 3 is 2.21 bits per heavy atom. The number of ether oxygens (including phenoxy) is 2. The van der Waals surface area contributed by atoms with E-state index in [0.29, 0.717) is 34.9 Å². The second-order valence-corrected chi connectivity index (χ2v) is 6.73. The maximum Gasteiger partial charge on any atom is 0.340 e. The van der Waals surface area contributed by atoms with E-state index in [1.54, 1.807) is 38.1 Å². The first-order valence-electron chi connectivity index (χ1n) is 8.97. The number of carboxylic acids is 1. The molecule has 7 nitrogen and oxygen atoms in total. The summed E-state index contributed by atoms with van der Waals surface area (Å²) in [4.78, 5) is 30.5. The highest BCUT2D eigenvalue weighted by molar-refractivity contribution is 6.06. The van der Waals surface area contributed by atoms with Gasteiger partial charge in [0.05, 0.1) is 36.2 Å². The van der Waals surface area contributed by atoms with E-state index in [1.807, 2.05) is 14.1 Å². The number of benzene rings is 1. The molecule has 0 fully saturated rings. The van der Waals surface area contributed by atoms with Crippen LogP contribution in [0, 0.1) is 13.8 Å². The van der Waals surface area contributed by atoms with E-state index in [9.17, 15) is 14.7 Å². The Kier molecular flexibility index (Phi) is 7.12. The Morgan fingerprint density at radius 1 is 1.07 bits per heavy atom. The van der Waals surface area contributed by atoms with Gasteiger partial charge in [0, 0.05) is 12.1 Å². The third-order valence-electron chi connectivity index (χ3n) is 4.32. The second-order valence-electron chi connectivity index (χ2n) is 6.73. The van der Waals surface area contributed by atoms with Crippen LogP contribution in [0.1, 0.15) is 38.5 Å². The van der Waals surface area contributed by atoms with E-state index in [-0.39, 0.29) is 11.1 Å². The number of aromatic nitrogens is 1. The maximum absolute atomic E-state index is 12.3. The second kappa shape index (κ2) is 9.32. The molecule has 7 heteroatoms. The van der Waals surface area contributed by atoms with Crippen molar-refractivity contribution in [1.82, 2.24) is 9.88 Å². The monoisotopic (exact) mass is 386 g/mol. The summed E-state index contributed by atoms with van der Waals surface area (Å²) in [6, 6.07) is 7.02. The number of methoxy groups -OCH3 is 1. The van der Waals surface area contributed by atoms with Crippen LogP contribution < -0.4 is 4.74 Å². The minimum absolute atomic E-state index is 0.00866. The van der Waals surface area contributed by atoms with Gasteiger partial charge in [-0.05, 0) is 52.1 Å². The van der Waals surface area contributed by atoms with Crippen molar-refractivity contribution in [3.63, 3.8) is 0 Å². The third-order valence-corrected chi connectivity index (χ3v) is 4.32. The number of aryl methyl sites for hydroxylation is 2. The van der Waals surface area contributed by atoms with Gasteiger partial charge in [0.15, 0.2) is 0 Å². The Hall–Kier alpha value is -2.93. The van der Waals surface area contributed by atoms with Crippen molar-refractivity contribution < 1.29 is 24.2 Å². The Labute approximate surface area is 164 Å². The summed E-state index contributed by atoms with van der Waals surface area (Å²) in [5, 5.41) is 9.70. The van der Waals surface area contributed by atoms with Crippen molar-refractivity contribution in [2.45, 2.75) is 20.3 Å². The highest BCUT2D eigenvalue weighted by Crippen LogP contribution is 2.33. The fraction of sp³-hybridized carbons (Fsp3) is 0.381. The molecule has 0 saturated heterocycles. The van der Waals surface area contributed by atoms with Gasteiger partial charge in [-0.2, -0.15) is 0 Å². The van der Waals surface area contributed by atoms with Crippen LogP contribution in [0.3, 0.4) is 0 Å². The highest BCUT2D eigenvalue weighted by atomic mass is 16.5. The number of hydrogen-bond donors (Lipinski definition) is 1. The van der Waals surface area contributed by atoms with Gasteiger partial charge in [0.25, 0.3) is 0 Å². The van der Waals surface area contributed by atoms with Gasteiger partial charge in [0.1, 0.15) is 5.75 Å². The molecule has 0 bridgehead atoms. The SMILES string of the molecule is COC(=O)c1c(C)nc(C)c(C(=O)O)c1-c1ccc(OCCCN(C)C)cc1. The molecule has 0 atom stereocenters. The lowest BCUT2D eigenvalue weighted by atomic mass is 9.92. The van der Waals surface area contributed by atoms with E-state index < -0.39 is 11.9 Å². The zero-order chi connectivity index (χ0) is 20.8. The molecule has 1 aromatic carbocycles. The molecule has 1 N–H and O–H groups in total. The quantitative estimate of drug-likeness (QED) is 0.550. The van der Waals surface area contributed by atoms with Gasteiger partial charge < -0.3 is 19.5 Å². The minimum Gasteiger partial charge on any atom is -0.494 e. The first kappa shape index (κ1) is 21.4. The maximum atomic E-state index is 12.3. The van der Waals surface area contributed by atoms with E-state index in [1.165, 1.54) is 7.11 Å². The van der Waals surface area contributed by atoms with Gasteiger partial charge in [-0.15, -0.1) is 0 Å². The van der Waals surface area contributed by atoms with Gasteiger partial charge >= 0.3 is 11.9 Å². The Bertz CT molecular complexity index is 860.